The van der Waals surface area contributed by atoms with Crippen molar-refractivity contribution < 1.29 is 5.11 Å². The van der Waals surface area contributed by atoms with Gasteiger partial charge in [-0.1, -0.05) is 13.8 Å². The molecule has 17 heavy (non-hydrogen) atoms. The van der Waals surface area contributed by atoms with Crippen LogP contribution >= 0.6 is 27.7 Å². The Hall–Kier alpha value is -0.100. The maximum absolute atomic E-state index is 9.47. The molecule has 0 saturated carbocycles. The quantitative estimate of drug-likeness (QED) is 0.792. The highest BCUT2D eigenvalue weighted by atomic mass is 79.9. The molecule has 0 amide bonds. The van der Waals surface area contributed by atoms with Gasteiger partial charge in [0.2, 0.25) is 0 Å². The number of aromatic nitrogens is 1. The summed E-state index contributed by atoms with van der Waals surface area (Å²) in [5, 5.41) is 13.8. The van der Waals surface area contributed by atoms with E-state index in [4.69, 9.17) is 0 Å². The first-order valence-electron chi connectivity index (χ1n) is 5.59. The van der Waals surface area contributed by atoms with Crippen LogP contribution in [0.1, 0.15) is 20.8 Å². The minimum Gasteiger partial charge on any atom is -0.394 e. The number of aliphatic hydroxyl groups is 1. The minimum atomic E-state index is -0.282. The van der Waals surface area contributed by atoms with Gasteiger partial charge < -0.3 is 10.4 Å². The molecule has 5 heteroatoms. The first-order chi connectivity index (χ1) is 7.97. The van der Waals surface area contributed by atoms with Crippen molar-refractivity contribution in [2.24, 2.45) is 0 Å². The van der Waals surface area contributed by atoms with Crippen LogP contribution in [0.25, 0.3) is 0 Å². The topological polar surface area (TPSA) is 45.1 Å². The number of pyridine rings is 1. The Morgan fingerprint density at radius 3 is 2.82 bits per heavy atom. The smallest absolute Gasteiger partial charge is 0.110 e. The Kier molecular flexibility index (Phi) is 5.92. The summed E-state index contributed by atoms with van der Waals surface area (Å²) in [6, 6.07) is 4.22. The fourth-order valence-electron chi connectivity index (χ4n) is 1.53. The number of rotatable bonds is 6. The predicted molar refractivity (Wildman–Crippen MR) is 76.4 cm³/mol. The summed E-state index contributed by atoms with van der Waals surface area (Å²) in [5.74, 6) is 0.775. The average molecular weight is 319 g/mol. The Balaban J connectivity index is 2.62. The third-order valence-corrected chi connectivity index (χ3v) is 4.52. The molecule has 3 nitrogen and oxygen atoms in total. The standard InChI is InChI=1S/C12H19BrN2OS/c1-9(2)15-12(3,7-16)8-17-11-10(13)5-4-6-14-11/h4-6,9,15-16H,7-8H2,1-3H3. The first kappa shape index (κ1) is 15.0. The third-order valence-electron chi connectivity index (χ3n) is 2.24. The summed E-state index contributed by atoms with van der Waals surface area (Å²) in [7, 11) is 0. The van der Waals surface area contributed by atoms with Crippen LogP contribution in [0.2, 0.25) is 0 Å². The lowest BCUT2D eigenvalue weighted by Crippen LogP contribution is -2.51. The lowest BCUT2D eigenvalue weighted by molar-refractivity contribution is 0.183. The predicted octanol–water partition coefficient (Wildman–Crippen LogP) is 2.69. The summed E-state index contributed by atoms with van der Waals surface area (Å²) in [4.78, 5) is 4.30. The van der Waals surface area contributed by atoms with Crippen LogP contribution in [0.4, 0.5) is 0 Å². The zero-order valence-electron chi connectivity index (χ0n) is 10.4. The van der Waals surface area contributed by atoms with Gasteiger partial charge in [-0.2, -0.15) is 0 Å². The van der Waals surface area contributed by atoms with Gasteiger partial charge in [-0.15, -0.1) is 11.8 Å². The van der Waals surface area contributed by atoms with Crippen molar-refractivity contribution in [3.63, 3.8) is 0 Å². The van der Waals surface area contributed by atoms with Crippen LogP contribution in [-0.2, 0) is 0 Å². The second-order valence-electron chi connectivity index (χ2n) is 4.60. The lowest BCUT2D eigenvalue weighted by atomic mass is 10.1. The normalized spacial score (nSPS) is 14.9. The van der Waals surface area contributed by atoms with Crippen molar-refractivity contribution in [2.45, 2.75) is 37.4 Å². The summed E-state index contributed by atoms with van der Waals surface area (Å²) in [5.41, 5.74) is -0.282. The molecule has 0 bridgehead atoms. The molecule has 1 aromatic heterocycles. The van der Waals surface area contributed by atoms with Crippen molar-refractivity contribution in [1.82, 2.24) is 10.3 Å². The maximum Gasteiger partial charge on any atom is 0.110 e. The lowest BCUT2D eigenvalue weighted by Gasteiger charge is -2.30. The van der Waals surface area contributed by atoms with Crippen LogP contribution in [0, 0.1) is 0 Å². The highest BCUT2D eigenvalue weighted by molar-refractivity contribution is 9.10. The van der Waals surface area contributed by atoms with Crippen molar-refractivity contribution in [2.75, 3.05) is 12.4 Å². The molecule has 1 heterocycles. The highest BCUT2D eigenvalue weighted by Gasteiger charge is 2.24. The van der Waals surface area contributed by atoms with E-state index in [-0.39, 0.29) is 12.1 Å². The number of hydrogen-bond donors (Lipinski definition) is 2. The third kappa shape index (κ3) is 4.95. The van der Waals surface area contributed by atoms with E-state index in [2.05, 4.69) is 40.1 Å². The first-order valence-corrected chi connectivity index (χ1v) is 7.36. The number of thioether (sulfide) groups is 1. The van der Waals surface area contributed by atoms with Crippen LogP contribution < -0.4 is 5.32 Å². The van der Waals surface area contributed by atoms with Crippen molar-refractivity contribution in [1.29, 1.82) is 0 Å². The number of nitrogens with one attached hydrogen (secondary N) is 1. The van der Waals surface area contributed by atoms with Gasteiger partial charge in [0.15, 0.2) is 0 Å². The number of hydrogen-bond acceptors (Lipinski definition) is 4. The van der Waals surface area contributed by atoms with Crippen LogP contribution in [0.5, 0.6) is 0 Å². The molecule has 1 aromatic rings. The molecule has 0 aliphatic heterocycles. The van der Waals surface area contributed by atoms with Gasteiger partial charge in [-0.25, -0.2) is 4.98 Å². The van der Waals surface area contributed by atoms with Gasteiger partial charge >= 0.3 is 0 Å². The molecule has 1 rings (SSSR count). The molecule has 0 aliphatic carbocycles. The zero-order valence-corrected chi connectivity index (χ0v) is 12.8. The van der Waals surface area contributed by atoms with Gasteiger partial charge in [0.05, 0.1) is 6.61 Å². The summed E-state index contributed by atoms with van der Waals surface area (Å²) in [6.45, 7) is 6.30. The average Bonchev–Trinajstić information content (AvgIpc) is 2.27. The molecule has 1 unspecified atom stereocenters. The van der Waals surface area contributed by atoms with E-state index in [0.717, 1.165) is 15.3 Å². The highest BCUT2D eigenvalue weighted by Crippen LogP contribution is 2.27. The van der Waals surface area contributed by atoms with Crippen LogP contribution in [0.15, 0.2) is 27.8 Å². The van der Waals surface area contributed by atoms with Gasteiger partial charge in [0.1, 0.15) is 5.03 Å². The van der Waals surface area contributed by atoms with Crippen LogP contribution in [-0.4, -0.2) is 34.0 Å². The van der Waals surface area contributed by atoms with Gasteiger partial charge in [0.25, 0.3) is 0 Å². The maximum atomic E-state index is 9.47. The minimum absolute atomic E-state index is 0.114. The van der Waals surface area contributed by atoms with E-state index < -0.39 is 0 Å². The molecular formula is C12H19BrN2OS. The van der Waals surface area contributed by atoms with E-state index in [1.165, 1.54) is 0 Å². The van der Waals surface area contributed by atoms with E-state index >= 15 is 0 Å². The molecule has 2 N–H and O–H groups in total. The Bertz CT molecular complexity index is 362. The Morgan fingerprint density at radius 1 is 1.59 bits per heavy atom. The van der Waals surface area contributed by atoms with Crippen molar-refractivity contribution >= 4 is 27.7 Å². The monoisotopic (exact) mass is 318 g/mol. The molecule has 0 fully saturated rings. The fourth-order valence-corrected chi connectivity index (χ4v) is 3.10. The molecule has 0 aliphatic rings. The van der Waals surface area contributed by atoms with Gasteiger partial charge in [-0.3, -0.25) is 0 Å². The molecule has 1 atom stereocenters. The Labute approximate surface area is 116 Å². The SMILES string of the molecule is CC(C)NC(C)(CO)CSc1ncccc1Br. The van der Waals surface area contributed by atoms with E-state index in [1.54, 1.807) is 18.0 Å². The van der Waals surface area contributed by atoms with Gasteiger partial charge in [-0.05, 0) is 35.0 Å². The summed E-state index contributed by atoms with van der Waals surface area (Å²) >= 11 is 5.11. The largest absolute Gasteiger partial charge is 0.394 e. The van der Waals surface area contributed by atoms with E-state index in [0.29, 0.717) is 6.04 Å². The summed E-state index contributed by atoms with van der Waals surface area (Å²) in [6.07, 6.45) is 1.78. The summed E-state index contributed by atoms with van der Waals surface area (Å²) < 4.78 is 0.995. The second-order valence-corrected chi connectivity index (χ2v) is 6.42. The zero-order chi connectivity index (χ0) is 12.9. The van der Waals surface area contributed by atoms with Crippen molar-refractivity contribution in [3.05, 3.63) is 22.8 Å². The second kappa shape index (κ2) is 6.73. The molecule has 0 radical (unpaired) electrons. The molecule has 0 saturated heterocycles. The molecule has 0 aromatic carbocycles. The Morgan fingerprint density at radius 2 is 2.29 bits per heavy atom. The number of nitrogens with zero attached hydrogens (tertiary/aromatic N) is 1. The molecular weight excluding hydrogens is 300 g/mol. The van der Waals surface area contributed by atoms with Crippen LogP contribution in [0.3, 0.4) is 0 Å². The van der Waals surface area contributed by atoms with E-state index in [1.807, 2.05) is 19.1 Å². The number of halogens is 1. The molecule has 0 spiro atoms. The fraction of sp³-hybridized carbons (Fsp3) is 0.583. The van der Waals surface area contributed by atoms with Crippen molar-refractivity contribution in [3.8, 4) is 0 Å². The van der Waals surface area contributed by atoms with E-state index in [9.17, 15) is 5.11 Å². The van der Waals surface area contributed by atoms with Gasteiger partial charge in [0, 0.05) is 28.0 Å². The molecule has 96 valence electrons. The number of aliphatic hydroxyl groups excluding tert-OH is 1.